The van der Waals surface area contributed by atoms with Crippen molar-refractivity contribution in [2.24, 2.45) is 0 Å². The van der Waals surface area contributed by atoms with E-state index in [-0.39, 0.29) is 6.10 Å². The van der Waals surface area contributed by atoms with Crippen LogP contribution in [0.15, 0.2) is 0 Å². The minimum absolute atomic E-state index is 0.139. The van der Waals surface area contributed by atoms with Crippen LogP contribution in [0.1, 0.15) is 33.1 Å². The van der Waals surface area contributed by atoms with Crippen molar-refractivity contribution in [1.82, 2.24) is 0 Å². The molecule has 0 spiro atoms. The van der Waals surface area contributed by atoms with E-state index in [4.69, 9.17) is 4.74 Å². The first kappa shape index (κ1) is 8.89. The lowest BCUT2D eigenvalue weighted by molar-refractivity contribution is -0.0103. The van der Waals surface area contributed by atoms with Gasteiger partial charge in [-0.25, -0.2) is 4.39 Å². The van der Waals surface area contributed by atoms with Gasteiger partial charge in [-0.3, -0.25) is 0 Å². The molecule has 1 unspecified atom stereocenters. The molecule has 56 valence electrons. The molecule has 1 nitrogen and oxygen atoms in total. The van der Waals surface area contributed by atoms with Gasteiger partial charge in [0.2, 0.25) is 0 Å². The number of alkyl halides is 1. The van der Waals surface area contributed by atoms with Gasteiger partial charge in [0, 0.05) is 0 Å². The fourth-order valence-corrected chi connectivity index (χ4v) is 0.816. The fraction of sp³-hybridized carbons (Fsp3) is 1.00. The van der Waals surface area contributed by atoms with Crippen LogP contribution < -0.4 is 0 Å². The van der Waals surface area contributed by atoms with Gasteiger partial charge in [-0.1, -0.05) is 20.3 Å². The minimum Gasteiger partial charge on any atom is -0.347 e. The zero-order valence-electron chi connectivity index (χ0n) is 6.19. The SMILES string of the molecule is CCCC(CC)OCF. The number of rotatable bonds is 5. The van der Waals surface area contributed by atoms with Crippen LogP contribution in [0.4, 0.5) is 4.39 Å². The Morgan fingerprint density at radius 2 is 2.11 bits per heavy atom. The Morgan fingerprint density at radius 3 is 2.44 bits per heavy atom. The summed E-state index contributed by atoms with van der Waals surface area (Å²) < 4.78 is 16.3. The van der Waals surface area contributed by atoms with Crippen molar-refractivity contribution in [3.63, 3.8) is 0 Å². The van der Waals surface area contributed by atoms with E-state index in [1.54, 1.807) is 0 Å². The summed E-state index contributed by atoms with van der Waals surface area (Å²) in [7, 11) is 0. The summed E-state index contributed by atoms with van der Waals surface area (Å²) in [5.41, 5.74) is 0. The third kappa shape index (κ3) is 4.40. The molecule has 0 rings (SSSR count). The van der Waals surface area contributed by atoms with Crippen LogP contribution in [-0.4, -0.2) is 13.0 Å². The highest BCUT2D eigenvalue weighted by atomic mass is 19.1. The monoisotopic (exact) mass is 134 g/mol. The van der Waals surface area contributed by atoms with Gasteiger partial charge in [-0.05, 0) is 12.8 Å². The molecule has 0 fully saturated rings. The van der Waals surface area contributed by atoms with E-state index in [2.05, 4.69) is 6.92 Å². The van der Waals surface area contributed by atoms with Crippen LogP contribution >= 0.6 is 0 Å². The zero-order chi connectivity index (χ0) is 7.11. The average Bonchev–Trinajstić information content (AvgIpc) is 1.88. The van der Waals surface area contributed by atoms with E-state index >= 15 is 0 Å². The predicted molar refractivity (Wildman–Crippen MR) is 36.0 cm³/mol. The molecule has 0 aliphatic carbocycles. The smallest absolute Gasteiger partial charge is 0.188 e. The molecule has 0 saturated carbocycles. The van der Waals surface area contributed by atoms with Crippen molar-refractivity contribution in [1.29, 1.82) is 0 Å². The molecule has 0 N–H and O–H groups in total. The summed E-state index contributed by atoms with van der Waals surface area (Å²) in [6.45, 7) is 3.44. The van der Waals surface area contributed by atoms with Gasteiger partial charge in [0.25, 0.3) is 0 Å². The Balaban J connectivity index is 3.18. The first-order valence-corrected chi connectivity index (χ1v) is 3.52. The number of halogens is 1. The first-order valence-electron chi connectivity index (χ1n) is 3.52. The molecule has 0 aromatic rings. The van der Waals surface area contributed by atoms with Crippen molar-refractivity contribution in [2.45, 2.75) is 39.2 Å². The number of hydrogen-bond donors (Lipinski definition) is 0. The average molecular weight is 134 g/mol. The maximum absolute atomic E-state index is 11.5. The lowest BCUT2D eigenvalue weighted by atomic mass is 10.2. The normalized spacial score (nSPS) is 13.7. The maximum Gasteiger partial charge on any atom is 0.188 e. The molecule has 0 aliphatic heterocycles. The summed E-state index contributed by atoms with van der Waals surface area (Å²) in [6, 6.07) is 0. The van der Waals surface area contributed by atoms with E-state index in [9.17, 15) is 4.39 Å². The molecule has 2 heteroatoms. The number of ether oxygens (including phenoxy) is 1. The third-order valence-electron chi connectivity index (χ3n) is 1.36. The Kier molecular flexibility index (Phi) is 5.94. The van der Waals surface area contributed by atoms with Gasteiger partial charge in [-0.15, -0.1) is 0 Å². The highest BCUT2D eigenvalue weighted by Crippen LogP contribution is 2.05. The molecule has 0 saturated heterocycles. The van der Waals surface area contributed by atoms with E-state index in [0.717, 1.165) is 19.3 Å². The molecule has 0 amide bonds. The van der Waals surface area contributed by atoms with E-state index in [0.29, 0.717) is 0 Å². The molecule has 0 bridgehead atoms. The van der Waals surface area contributed by atoms with Gasteiger partial charge in [0.15, 0.2) is 6.86 Å². The second-order valence-electron chi connectivity index (χ2n) is 2.09. The summed E-state index contributed by atoms with van der Waals surface area (Å²) in [5, 5.41) is 0. The topological polar surface area (TPSA) is 9.23 Å². The quantitative estimate of drug-likeness (QED) is 0.561. The molecule has 0 aromatic heterocycles. The van der Waals surface area contributed by atoms with Crippen molar-refractivity contribution < 1.29 is 9.13 Å². The lowest BCUT2D eigenvalue weighted by Gasteiger charge is -2.10. The molecule has 0 aromatic carbocycles. The maximum atomic E-state index is 11.5. The zero-order valence-corrected chi connectivity index (χ0v) is 6.19. The minimum atomic E-state index is -0.640. The standard InChI is InChI=1S/C7H15FO/c1-3-5-7(4-2)9-6-8/h7H,3-6H2,1-2H3. The Morgan fingerprint density at radius 1 is 1.44 bits per heavy atom. The second-order valence-corrected chi connectivity index (χ2v) is 2.09. The summed E-state index contributed by atoms with van der Waals surface area (Å²) in [5.74, 6) is 0. The Labute approximate surface area is 56.2 Å². The van der Waals surface area contributed by atoms with E-state index in [1.807, 2.05) is 6.92 Å². The van der Waals surface area contributed by atoms with Gasteiger partial charge >= 0.3 is 0 Å². The van der Waals surface area contributed by atoms with Crippen LogP contribution in [0.2, 0.25) is 0 Å². The van der Waals surface area contributed by atoms with Crippen LogP contribution in [-0.2, 0) is 4.74 Å². The molecule has 0 heterocycles. The molecular formula is C7H15FO. The molecular weight excluding hydrogens is 119 g/mol. The first-order chi connectivity index (χ1) is 4.35. The van der Waals surface area contributed by atoms with Crippen molar-refractivity contribution in [3.8, 4) is 0 Å². The van der Waals surface area contributed by atoms with Crippen LogP contribution in [0.25, 0.3) is 0 Å². The van der Waals surface area contributed by atoms with Crippen molar-refractivity contribution >= 4 is 0 Å². The summed E-state index contributed by atoms with van der Waals surface area (Å²) >= 11 is 0. The van der Waals surface area contributed by atoms with Gasteiger partial charge in [-0.2, -0.15) is 0 Å². The third-order valence-corrected chi connectivity index (χ3v) is 1.36. The van der Waals surface area contributed by atoms with Gasteiger partial charge in [0.1, 0.15) is 0 Å². The largest absolute Gasteiger partial charge is 0.347 e. The van der Waals surface area contributed by atoms with Crippen molar-refractivity contribution in [2.75, 3.05) is 6.86 Å². The van der Waals surface area contributed by atoms with Crippen molar-refractivity contribution in [3.05, 3.63) is 0 Å². The van der Waals surface area contributed by atoms with Crippen LogP contribution in [0, 0.1) is 0 Å². The lowest BCUT2D eigenvalue weighted by Crippen LogP contribution is -2.09. The van der Waals surface area contributed by atoms with E-state index in [1.165, 1.54) is 0 Å². The number of hydrogen-bond acceptors (Lipinski definition) is 1. The summed E-state index contributed by atoms with van der Waals surface area (Å²) in [4.78, 5) is 0. The van der Waals surface area contributed by atoms with Crippen LogP contribution in [0.5, 0.6) is 0 Å². The highest BCUT2D eigenvalue weighted by Gasteiger charge is 2.02. The molecule has 1 atom stereocenters. The van der Waals surface area contributed by atoms with Gasteiger partial charge in [0.05, 0.1) is 6.10 Å². The highest BCUT2D eigenvalue weighted by molar-refractivity contribution is 4.51. The van der Waals surface area contributed by atoms with Crippen LogP contribution in [0.3, 0.4) is 0 Å². The Bertz CT molecular complexity index is 50.9. The van der Waals surface area contributed by atoms with E-state index < -0.39 is 6.86 Å². The summed E-state index contributed by atoms with van der Waals surface area (Å²) in [6.07, 6.45) is 3.09. The molecule has 9 heavy (non-hydrogen) atoms. The second kappa shape index (κ2) is 6.02. The Hall–Kier alpha value is -0.110. The molecule has 0 aliphatic rings. The fourth-order valence-electron chi connectivity index (χ4n) is 0.816. The van der Waals surface area contributed by atoms with Gasteiger partial charge < -0.3 is 4.74 Å². The molecule has 0 radical (unpaired) electrons. The predicted octanol–water partition coefficient (Wildman–Crippen LogP) is 2.51.